The molecule has 0 spiro atoms. The van der Waals surface area contributed by atoms with Gasteiger partial charge in [-0.25, -0.2) is 0 Å². The van der Waals surface area contributed by atoms with Gasteiger partial charge in [-0.1, -0.05) is 12.5 Å². The summed E-state index contributed by atoms with van der Waals surface area (Å²) < 4.78 is 10.5. The van der Waals surface area contributed by atoms with Gasteiger partial charge in [-0.3, -0.25) is 0 Å². The lowest BCUT2D eigenvalue weighted by atomic mass is 9.64. The van der Waals surface area contributed by atoms with E-state index in [1.165, 1.54) is 0 Å². The van der Waals surface area contributed by atoms with Crippen LogP contribution in [-0.4, -0.2) is 14.2 Å². The SMILES string of the molecule is COc1ccc(C(N)C2(C#N)CCC2)cc1OC. The quantitative estimate of drug-likeness (QED) is 0.885. The Balaban J connectivity index is 2.31. The van der Waals surface area contributed by atoms with Crippen molar-refractivity contribution < 1.29 is 9.47 Å². The largest absolute Gasteiger partial charge is 0.493 e. The molecule has 4 nitrogen and oxygen atoms in total. The van der Waals surface area contributed by atoms with Crippen LogP contribution in [0.4, 0.5) is 0 Å². The van der Waals surface area contributed by atoms with Crippen molar-refractivity contribution in [1.29, 1.82) is 5.26 Å². The van der Waals surface area contributed by atoms with Crippen molar-refractivity contribution in [3.63, 3.8) is 0 Å². The van der Waals surface area contributed by atoms with E-state index in [4.69, 9.17) is 15.2 Å². The van der Waals surface area contributed by atoms with Gasteiger partial charge >= 0.3 is 0 Å². The lowest BCUT2D eigenvalue weighted by Gasteiger charge is -2.40. The first-order valence-electron chi connectivity index (χ1n) is 6.05. The van der Waals surface area contributed by atoms with Gasteiger partial charge in [0.1, 0.15) is 0 Å². The highest BCUT2D eigenvalue weighted by Gasteiger charge is 2.43. The van der Waals surface area contributed by atoms with Crippen LogP contribution in [0.5, 0.6) is 11.5 Å². The molecule has 1 aliphatic carbocycles. The van der Waals surface area contributed by atoms with Crippen molar-refractivity contribution in [1.82, 2.24) is 0 Å². The van der Waals surface area contributed by atoms with Crippen LogP contribution in [0, 0.1) is 16.7 Å². The van der Waals surface area contributed by atoms with E-state index in [1.807, 2.05) is 18.2 Å². The van der Waals surface area contributed by atoms with Crippen molar-refractivity contribution in [3.8, 4) is 17.6 Å². The van der Waals surface area contributed by atoms with Crippen molar-refractivity contribution in [3.05, 3.63) is 23.8 Å². The standard InChI is InChI=1S/C14H18N2O2/c1-17-11-5-4-10(8-12(11)18-2)13(16)14(9-15)6-3-7-14/h4-5,8,13H,3,6-7,16H2,1-2H3. The number of ether oxygens (including phenoxy) is 2. The van der Waals surface area contributed by atoms with Crippen LogP contribution in [-0.2, 0) is 0 Å². The third kappa shape index (κ3) is 1.91. The van der Waals surface area contributed by atoms with Crippen molar-refractivity contribution in [2.24, 2.45) is 11.1 Å². The average molecular weight is 246 g/mol. The Hall–Kier alpha value is -1.73. The summed E-state index contributed by atoms with van der Waals surface area (Å²) >= 11 is 0. The molecule has 0 saturated heterocycles. The van der Waals surface area contributed by atoms with Crippen LogP contribution in [0.1, 0.15) is 30.9 Å². The average Bonchev–Trinajstić information content (AvgIpc) is 2.37. The molecule has 2 N–H and O–H groups in total. The first kappa shape index (κ1) is 12.7. The maximum Gasteiger partial charge on any atom is 0.161 e. The maximum absolute atomic E-state index is 9.31. The van der Waals surface area contributed by atoms with Crippen LogP contribution in [0.2, 0.25) is 0 Å². The lowest BCUT2D eigenvalue weighted by molar-refractivity contribution is 0.168. The minimum absolute atomic E-state index is 0.268. The number of rotatable bonds is 4. The van der Waals surface area contributed by atoms with Crippen molar-refractivity contribution in [2.45, 2.75) is 25.3 Å². The smallest absolute Gasteiger partial charge is 0.161 e. The molecule has 0 heterocycles. The van der Waals surface area contributed by atoms with Crippen LogP contribution in [0.15, 0.2) is 18.2 Å². The van der Waals surface area contributed by atoms with Gasteiger partial charge in [-0.05, 0) is 30.5 Å². The second kappa shape index (κ2) is 4.87. The molecule has 18 heavy (non-hydrogen) atoms. The number of nitrogens with zero attached hydrogens (tertiary/aromatic N) is 1. The van der Waals surface area contributed by atoms with E-state index in [2.05, 4.69) is 6.07 Å². The Labute approximate surface area is 107 Å². The number of hydrogen-bond acceptors (Lipinski definition) is 4. The second-order valence-corrected chi connectivity index (χ2v) is 4.71. The molecule has 4 heteroatoms. The summed E-state index contributed by atoms with van der Waals surface area (Å²) in [6.07, 6.45) is 2.83. The monoisotopic (exact) mass is 246 g/mol. The van der Waals surface area contributed by atoms with Gasteiger partial charge in [0.15, 0.2) is 11.5 Å². The Bertz CT molecular complexity index is 475. The summed E-state index contributed by atoms with van der Waals surface area (Å²) in [7, 11) is 3.19. The third-order valence-electron chi connectivity index (χ3n) is 3.83. The Morgan fingerprint density at radius 1 is 1.28 bits per heavy atom. The second-order valence-electron chi connectivity index (χ2n) is 4.71. The van der Waals surface area contributed by atoms with Gasteiger partial charge in [-0.15, -0.1) is 0 Å². The fourth-order valence-electron chi connectivity index (χ4n) is 2.42. The Morgan fingerprint density at radius 3 is 2.39 bits per heavy atom. The first-order chi connectivity index (χ1) is 8.66. The molecule has 0 radical (unpaired) electrons. The zero-order valence-electron chi connectivity index (χ0n) is 10.8. The highest BCUT2D eigenvalue weighted by atomic mass is 16.5. The van der Waals surface area contributed by atoms with Gasteiger partial charge < -0.3 is 15.2 Å². The van der Waals surface area contributed by atoms with Crippen molar-refractivity contribution >= 4 is 0 Å². The van der Waals surface area contributed by atoms with Crippen LogP contribution in [0.25, 0.3) is 0 Å². The molecule has 0 amide bonds. The fourth-order valence-corrected chi connectivity index (χ4v) is 2.42. The van der Waals surface area contributed by atoms with Crippen LogP contribution < -0.4 is 15.2 Å². The highest BCUT2D eigenvalue weighted by molar-refractivity contribution is 5.44. The van der Waals surface area contributed by atoms with Gasteiger partial charge in [0, 0.05) is 6.04 Å². The van der Waals surface area contributed by atoms with Gasteiger partial charge in [0.2, 0.25) is 0 Å². The van der Waals surface area contributed by atoms with E-state index >= 15 is 0 Å². The molecule has 2 rings (SSSR count). The molecule has 1 saturated carbocycles. The molecule has 1 atom stereocenters. The van der Waals surface area contributed by atoms with E-state index in [0.29, 0.717) is 11.5 Å². The Morgan fingerprint density at radius 2 is 1.94 bits per heavy atom. The minimum Gasteiger partial charge on any atom is -0.493 e. The maximum atomic E-state index is 9.31. The van der Waals surface area contributed by atoms with Crippen LogP contribution in [0.3, 0.4) is 0 Å². The highest BCUT2D eigenvalue weighted by Crippen LogP contribution is 2.49. The van der Waals surface area contributed by atoms with E-state index in [9.17, 15) is 5.26 Å². The number of methoxy groups -OCH3 is 2. The molecule has 0 aliphatic heterocycles. The molecule has 96 valence electrons. The summed E-state index contributed by atoms with van der Waals surface area (Å²) in [6.45, 7) is 0. The molecular weight excluding hydrogens is 228 g/mol. The Kier molecular flexibility index (Phi) is 3.44. The number of hydrogen-bond donors (Lipinski definition) is 1. The molecule has 1 unspecified atom stereocenters. The van der Waals surface area contributed by atoms with E-state index in [1.54, 1.807) is 14.2 Å². The number of nitrogens with two attached hydrogens (primary N) is 1. The summed E-state index contributed by atoms with van der Waals surface area (Å²) in [6, 6.07) is 7.71. The molecular formula is C14H18N2O2. The molecule has 1 aromatic rings. The summed E-state index contributed by atoms with van der Waals surface area (Å²) in [5, 5.41) is 9.31. The first-order valence-corrected chi connectivity index (χ1v) is 6.05. The zero-order valence-corrected chi connectivity index (χ0v) is 10.8. The normalized spacial score (nSPS) is 18.3. The molecule has 0 aromatic heterocycles. The summed E-state index contributed by atoms with van der Waals surface area (Å²) in [5.41, 5.74) is 6.76. The van der Waals surface area contributed by atoms with Gasteiger partial charge in [0.25, 0.3) is 0 Å². The molecule has 0 bridgehead atoms. The topological polar surface area (TPSA) is 68.3 Å². The van der Waals surface area contributed by atoms with E-state index < -0.39 is 5.41 Å². The van der Waals surface area contributed by atoms with Crippen molar-refractivity contribution in [2.75, 3.05) is 14.2 Å². The predicted octanol–water partition coefficient (Wildman–Crippen LogP) is 2.40. The van der Waals surface area contributed by atoms with Crippen LogP contribution >= 0.6 is 0 Å². The van der Waals surface area contributed by atoms with E-state index in [-0.39, 0.29) is 6.04 Å². The molecule has 1 fully saturated rings. The third-order valence-corrected chi connectivity index (χ3v) is 3.83. The van der Waals surface area contributed by atoms with Gasteiger partial charge in [-0.2, -0.15) is 5.26 Å². The fraction of sp³-hybridized carbons (Fsp3) is 0.500. The molecule has 1 aliphatic rings. The predicted molar refractivity (Wildman–Crippen MR) is 68.4 cm³/mol. The number of nitriles is 1. The summed E-state index contributed by atoms with van der Waals surface area (Å²) in [4.78, 5) is 0. The van der Waals surface area contributed by atoms with Gasteiger partial charge in [0.05, 0.1) is 25.7 Å². The van der Waals surface area contributed by atoms with E-state index in [0.717, 1.165) is 24.8 Å². The molecule has 1 aromatic carbocycles. The summed E-state index contributed by atoms with van der Waals surface area (Å²) in [5.74, 6) is 1.32. The zero-order chi connectivity index (χ0) is 13.2. The minimum atomic E-state index is -0.403. The number of benzene rings is 1. The lowest BCUT2D eigenvalue weighted by Crippen LogP contribution is -2.39.